The van der Waals surface area contributed by atoms with Crippen LogP contribution in [-0.4, -0.2) is 49.9 Å². The van der Waals surface area contributed by atoms with Crippen molar-refractivity contribution in [2.75, 3.05) is 17.5 Å². The third kappa shape index (κ3) is 8.63. The summed E-state index contributed by atoms with van der Waals surface area (Å²) in [5.74, 6) is -0.430. The number of nitrogens with one attached hydrogen (secondary N) is 1. The van der Waals surface area contributed by atoms with Crippen LogP contribution in [0.3, 0.4) is 0 Å². The van der Waals surface area contributed by atoms with E-state index in [0.717, 1.165) is 9.87 Å². The first-order valence-corrected chi connectivity index (χ1v) is 15.7. The molecule has 226 valence electrons. The Morgan fingerprint density at radius 2 is 1.57 bits per heavy atom. The van der Waals surface area contributed by atoms with E-state index in [2.05, 4.69) is 5.32 Å². The third-order valence-electron chi connectivity index (χ3n) is 6.33. The van der Waals surface area contributed by atoms with Crippen molar-refractivity contribution in [2.24, 2.45) is 0 Å². The molecule has 1 atom stereocenters. The Morgan fingerprint density at radius 1 is 0.952 bits per heavy atom. The number of carbonyl (C=O) groups is 2. The number of rotatable bonds is 11. The molecule has 11 heteroatoms. The molecule has 0 saturated heterocycles. The van der Waals surface area contributed by atoms with Crippen LogP contribution < -0.4 is 14.4 Å². The van der Waals surface area contributed by atoms with Crippen LogP contribution >= 0.6 is 23.2 Å². The maximum absolute atomic E-state index is 14.0. The first kappa shape index (κ1) is 33.2. The maximum atomic E-state index is 14.0. The van der Waals surface area contributed by atoms with E-state index >= 15 is 0 Å². The normalized spacial score (nSPS) is 12.4. The summed E-state index contributed by atoms with van der Waals surface area (Å²) >= 11 is 12.3. The van der Waals surface area contributed by atoms with Gasteiger partial charge in [-0.3, -0.25) is 13.9 Å². The van der Waals surface area contributed by atoms with Gasteiger partial charge in [0.05, 0.1) is 27.2 Å². The minimum atomic E-state index is -4.20. The Balaban J connectivity index is 2.04. The van der Waals surface area contributed by atoms with Crippen LogP contribution in [0.4, 0.5) is 5.69 Å². The van der Waals surface area contributed by atoms with Gasteiger partial charge in [-0.15, -0.1) is 0 Å². The molecule has 3 rings (SSSR count). The van der Waals surface area contributed by atoms with Crippen molar-refractivity contribution in [2.45, 2.75) is 64.6 Å². The lowest BCUT2D eigenvalue weighted by Gasteiger charge is -2.33. The average molecular weight is 635 g/mol. The molecule has 8 nitrogen and oxygen atoms in total. The fourth-order valence-electron chi connectivity index (χ4n) is 4.13. The zero-order valence-corrected chi connectivity index (χ0v) is 27.0. The van der Waals surface area contributed by atoms with Gasteiger partial charge in [-0.2, -0.15) is 0 Å². The summed E-state index contributed by atoms with van der Waals surface area (Å²) in [5.41, 5.74) is 1.32. The van der Waals surface area contributed by atoms with Crippen molar-refractivity contribution in [1.82, 2.24) is 10.2 Å². The second-order valence-corrected chi connectivity index (χ2v) is 13.6. The highest BCUT2D eigenvalue weighted by atomic mass is 35.5. The third-order valence-corrected chi connectivity index (χ3v) is 8.85. The van der Waals surface area contributed by atoms with E-state index in [9.17, 15) is 18.0 Å². The van der Waals surface area contributed by atoms with E-state index in [0.29, 0.717) is 33.7 Å². The Bertz CT molecular complexity index is 1510. The van der Waals surface area contributed by atoms with Gasteiger partial charge in [0.25, 0.3) is 10.0 Å². The molecule has 0 radical (unpaired) electrons. The Kier molecular flexibility index (Phi) is 10.9. The smallest absolute Gasteiger partial charge is 0.264 e. The molecule has 2 amide bonds. The summed E-state index contributed by atoms with van der Waals surface area (Å²) in [6.07, 6.45) is 0. The highest BCUT2D eigenvalue weighted by Gasteiger charge is 2.33. The number of anilines is 1. The van der Waals surface area contributed by atoms with Crippen molar-refractivity contribution in [3.05, 3.63) is 87.9 Å². The van der Waals surface area contributed by atoms with E-state index in [4.69, 9.17) is 27.9 Å². The van der Waals surface area contributed by atoms with Gasteiger partial charge in [0.1, 0.15) is 18.3 Å². The number of aryl methyl sites for hydroxylation is 1. The lowest BCUT2D eigenvalue weighted by Crippen LogP contribution is -2.54. The van der Waals surface area contributed by atoms with E-state index < -0.39 is 34.1 Å². The molecule has 0 aliphatic rings. The van der Waals surface area contributed by atoms with E-state index in [1.807, 2.05) is 34.6 Å². The zero-order valence-electron chi connectivity index (χ0n) is 24.6. The molecule has 0 aliphatic heterocycles. The van der Waals surface area contributed by atoms with Gasteiger partial charge in [-0.1, -0.05) is 47.0 Å². The van der Waals surface area contributed by atoms with Crippen LogP contribution in [-0.2, 0) is 26.2 Å². The van der Waals surface area contributed by atoms with Crippen LogP contribution in [0.2, 0.25) is 10.0 Å². The second-order valence-electron chi connectivity index (χ2n) is 10.9. The predicted molar refractivity (Wildman–Crippen MR) is 168 cm³/mol. The van der Waals surface area contributed by atoms with Gasteiger partial charge in [0.15, 0.2) is 0 Å². The van der Waals surface area contributed by atoms with Crippen LogP contribution in [0, 0.1) is 6.92 Å². The maximum Gasteiger partial charge on any atom is 0.264 e. The number of halogens is 2. The van der Waals surface area contributed by atoms with Crippen LogP contribution in [0.15, 0.2) is 71.6 Å². The lowest BCUT2D eigenvalue weighted by atomic mass is 10.1. The number of nitrogens with zero attached hydrogens (tertiary/aromatic N) is 2. The van der Waals surface area contributed by atoms with Crippen LogP contribution in [0.1, 0.15) is 45.7 Å². The van der Waals surface area contributed by atoms with Gasteiger partial charge < -0.3 is 15.0 Å². The fourth-order valence-corrected chi connectivity index (χ4v) is 5.87. The van der Waals surface area contributed by atoms with Crippen molar-refractivity contribution < 1.29 is 22.7 Å². The first-order valence-electron chi connectivity index (χ1n) is 13.5. The number of amides is 2. The SMILES string of the molecule is CCOc1ccc(S(=O)(=O)N(CC(=O)N(Cc2ccc(Cl)c(Cl)c2)[C@@H](C)C(=O)NC(C)(C)C)c2ccc(C)cc2)cc1. The highest BCUT2D eigenvalue weighted by molar-refractivity contribution is 7.92. The molecular weight excluding hydrogens is 597 g/mol. The standard InChI is InChI=1S/C31H37Cl2N3O5S/c1-7-41-25-13-15-26(16-14-25)42(39,40)36(24-11-8-21(2)9-12-24)20-29(37)35(22(3)30(38)34-31(4,5)6)19-23-10-17-27(32)28(33)18-23/h8-18,22H,7,19-20H2,1-6H3,(H,34,38)/t22-/m0/s1. The molecule has 0 aromatic heterocycles. The van der Waals surface area contributed by atoms with Crippen LogP contribution in [0.5, 0.6) is 5.75 Å². The number of carbonyl (C=O) groups excluding carboxylic acids is 2. The summed E-state index contributed by atoms with van der Waals surface area (Å²) in [6, 6.07) is 16.9. The van der Waals surface area contributed by atoms with Gasteiger partial charge in [0, 0.05) is 12.1 Å². The zero-order chi connectivity index (χ0) is 31.2. The molecule has 0 aliphatic carbocycles. The van der Waals surface area contributed by atoms with E-state index in [-0.39, 0.29) is 17.3 Å². The summed E-state index contributed by atoms with van der Waals surface area (Å²) < 4.78 is 34.5. The van der Waals surface area contributed by atoms with Gasteiger partial charge in [-0.25, -0.2) is 8.42 Å². The van der Waals surface area contributed by atoms with Crippen molar-refractivity contribution in [3.8, 4) is 5.75 Å². The minimum Gasteiger partial charge on any atom is -0.494 e. The topological polar surface area (TPSA) is 96.0 Å². The molecule has 0 saturated carbocycles. The monoisotopic (exact) mass is 633 g/mol. The molecular formula is C31H37Cl2N3O5S. The number of hydrogen-bond acceptors (Lipinski definition) is 5. The molecule has 3 aromatic rings. The van der Waals surface area contributed by atoms with Gasteiger partial charge in [0.2, 0.25) is 11.8 Å². The molecule has 3 aromatic carbocycles. The fraction of sp³-hybridized carbons (Fsp3) is 0.355. The quantitative estimate of drug-likeness (QED) is 0.270. The number of hydrogen-bond donors (Lipinski definition) is 1. The van der Waals surface area contributed by atoms with Gasteiger partial charge >= 0.3 is 0 Å². The molecule has 42 heavy (non-hydrogen) atoms. The molecule has 0 bridgehead atoms. The van der Waals surface area contributed by atoms with Crippen LogP contribution in [0.25, 0.3) is 0 Å². The summed E-state index contributed by atoms with van der Waals surface area (Å²) in [4.78, 5) is 28.6. The van der Waals surface area contributed by atoms with E-state index in [1.54, 1.807) is 61.5 Å². The summed E-state index contributed by atoms with van der Waals surface area (Å²) in [6.45, 7) is 10.7. The molecule has 0 unspecified atom stereocenters. The first-order chi connectivity index (χ1) is 19.6. The molecule has 1 N–H and O–H groups in total. The number of sulfonamides is 1. The number of benzene rings is 3. The Hall–Kier alpha value is -3.27. The highest BCUT2D eigenvalue weighted by Crippen LogP contribution is 2.27. The molecule has 0 fully saturated rings. The van der Waals surface area contributed by atoms with Crippen molar-refractivity contribution in [1.29, 1.82) is 0 Å². The summed E-state index contributed by atoms with van der Waals surface area (Å²) in [7, 11) is -4.20. The van der Waals surface area contributed by atoms with Gasteiger partial charge in [-0.05, 0) is 95.6 Å². The predicted octanol–water partition coefficient (Wildman–Crippen LogP) is 6.23. The second kappa shape index (κ2) is 13.8. The average Bonchev–Trinajstić information content (AvgIpc) is 2.92. The molecule has 0 heterocycles. The minimum absolute atomic E-state index is 0.000704. The molecule has 0 spiro atoms. The Labute approximate surface area is 258 Å². The number of ether oxygens (including phenoxy) is 1. The van der Waals surface area contributed by atoms with Crippen molar-refractivity contribution in [3.63, 3.8) is 0 Å². The summed E-state index contributed by atoms with van der Waals surface area (Å²) in [5, 5.41) is 3.55. The Morgan fingerprint density at radius 3 is 2.12 bits per heavy atom. The van der Waals surface area contributed by atoms with E-state index in [1.165, 1.54) is 17.0 Å². The van der Waals surface area contributed by atoms with Crippen molar-refractivity contribution >= 4 is 50.7 Å². The lowest BCUT2D eigenvalue weighted by molar-refractivity contribution is -0.140. The largest absolute Gasteiger partial charge is 0.494 e.